The monoisotopic (exact) mass is 331 g/mol. The molecule has 22 heavy (non-hydrogen) atoms. The van der Waals surface area contributed by atoms with E-state index in [2.05, 4.69) is 4.98 Å². The molecule has 6 heteroatoms. The Kier molecular flexibility index (Phi) is 4.00. The van der Waals surface area contributed by atoms with Crippen LogP contribution in [-0.4, -0.2) is 21.5 Å². The first-order chi connectivity index (χ1) is 10.6. The fourth-order valence-electron chi connectivity index (χ4n) is 2.40. The van der Waals surface area contributed by atoms with Crippen LogP contribution in [-0.2, 0) is 6.42 Å². The average molecular weight is 332 g/mol. The first kappa shape index (κ1) is 14.8. The van der Waals surface area contributed by atoms with Gasteiger partial charge in [0.05, 0.1) is 28.5 Å². The van der Waals surface area contributed by atoms with Gasteiger partial charge in [-0.1, -0.05) is 36.0 Å². The number of nitrogens with two attached hydrogens (primary N) is 1. The van der Waals surface area contributed by atoms with Crippen LogP contribution in [0.4, 0.5) is 0 Å². The molecule has 0 saturated carbocycles. The van der Waals surface area contributed by atoms with Crippen molar-refractivity contribution in [1.82, 2.24) is 9.38 Å². The molecule has 3 aromatic rings. The van der Waals surface area contributed by atoms with Gasteiger partial charge in [-0.2, -0.15) is 0 Å². The third-order valence-electron chi connectivity index (χ3n) is 3.37. The molecule has 3 rings (SSSR count). The maximum absolute atomic E-state index is 6.10. The molecule has 2 heterocycles. The quantitative estimate of drug-likeness (QED) is 0.743. The van der Waals surface area contributed by atoms with Crippen molar-refractivity contribution in [3.63, 3.8) is 0 Å². The van der Waals surface area contributed by atoms with Crippen LogP contribution < -0.4 is 10.5 Å². The van der Waals surface area contributed by atoms with Gasteiger partial charge in [-0.15, -0.1) is 0 Å². The van der Waals surface area contributed by atoms with Gasteiger partial charge in [0.1, 0.15) is 11.4 Å². The minimum Gasteiger partial charge on any atom is -0.497 e. The molecule has 0 radical (unpaired) electrons. The fraction of sp³-hybridized carbons (Fsp3) is 0.125. The molecule has 112 valence electrons. The number of fused-ring (bicyclic) bond motifs is 1. The Morgan fingerprint density at radius 2 is 2.18 bits per heavy atom. The number of hydrogen-bond donors (Lipinski definition) is 1. The molecule has 0 unspecified atom stereocenters. The second kappa shape index (κ2) is 5.94. The zero-order chi connectivity index (χ0) is 15.7. The van der Waals surface area contributed by atoms with Crippen LogP contribution >= 0.6 is 23.8 Å². The number of benzene rings is 1. The highest BCUT2D eigenvalue weighted by Gasteiger charge is 2.15. The van der Waals surface area contributed by atoms with E-state index in [4.69, 9.17) is 34.3 Å². The number of aromatic nitrogens is 2. The number of ether oxygens (including phenoxy) is 1. The van der Waals surface area contributed by atoms with E-state index in [1.54, 1.807) is 7.11 Å². The molecule has 0 amide bonds. The fourth-order valence-corrected chi connectivity index (χ4v) is 2.70. The van der Waals surface area contributed by atoms with E-state index in [1.165, 1.54) is 0 Å². The van der Waals surface area contributed by atoms with Crippen molar-refractivity contribution >= 4 is 34.5 Å². The lowest BCUT2D eigenvalue weighted by atomic mass is 10.1. The topological polar surface area (TPSA) is 52.5 Å². The summed E-state index contributed by atoms with van der Waals surface area (Å²) in [6.07, 6.45) is 2.27. The minimum absolute atomic E-state index is 0.408. The van der Waals surface area contributed by atoms with Gasteiger partial charge in [-0.3, -0.25) is 0 Å². The van der Waals surface area contributed by atoms with E-state index in [0.717, 1.165) is 28.3 Å². The second-order valence-electron chi connectivity index (χ2n) is 4.86. The molecule has 0 fully saturated rings. The van der Waals surface area contributed by atoms with Crippen molar-refractivity contribution in [2.45, 2.75) is 6.42 Å². The summed E-state index contributed by atoms with van der Waals surface area (Å²) in [4.78, 5) is 5.09. The minimum atomic E-state index is 0.408. The van der Waals surface area contributed by atoms with Gasteiger partial charge in [-0.05, 0) is 24.3 Å². The molecule has 0 aliphatic heterocycles. The summed E-state index contributed by atoms with van der Waals surface area (Å²) >= 11 is 11.2. The summed E-state index contributed by atoms with van der Waals surface area (Å²) in [6.45, 7) is 0. The Labute approximate surface area is 138 Å². The zero-order valence-corrected chi connectivity index (χ0v) is 13.5. The maximum Gasteiger partial charge on any atom is 0.137 e. The van der Waals surface area contributed by atoms with Crippen molar-refractivity contribution in [2.24, 2.45) is 5.73 Å². The molecule has 0 saturated heterocycles. The lowest BCUT2D eigenvalue weighted by molar-refractivity contribution is 0.415. The molecule has 0 atom stereocenters. The van der Waals surface area contributed by atoms with Crippen molar-refractivity contribution in [2.75, 3.05) is 7.11 Å². The highest BCUT2D eigenvalue weighted by molar-refractivity contribution is 7.80. The van der Waals surface area contributed by atoms with E-state index in [1.807, 2.05) is 47.0 Å². The van der Waals surface area contributed by atoms with Gasteiger partial charge in [-0.25, -0.2) is 4.98 Å². The van der Waals surface area contributed by atoms with Gasteiger partial charge >= 0.3 is 0 Å². The van der Waals surface area contributed by atoms with Gasteiger partial charge < -0.3 is 14.9 Å². The molecular formula is C16H14ClN3OS. The highest BCUT2D eigenvalue weighted by Crippen LogP contribution is 2.28. The van der Waals surface area contributed by atoms with Crippen molar-refractivity contribution < 1.29 is 4.74 Å². The number of thiocarbonyl (C=S) groups is 1. The maximum atomic E-state index is 6.10. The number of methoxy groups -OCH3 is 1. The third kappa shape index (κ3) is 2.77. The van der Waals surface area contributed by atoms with Crippen LogP contribution in [0.3, 0.4) is 0 Å². The molecule has 0 aliphatic carbocycles. The molecule has 0 spiro atoms. The number of hydrogen-bond acceptors (Lipinski definition) is 3. The molecular weight excluding hydrogens is 318 g/mol. The number of nitrogens with zero attached hydrogens (tertiary/aromatic N) is 2. The number of rotatable bonds is 4. The van der Waals surface area contributed by atoms with Gasteiger partial charge in [0.2, 0.25) is 0 Å². The SMILES string of the molecule is COc1cccc(-c2nc3ccc(Cl)cn3c2CC(N)=S)c1. The predicted molar refractivity (Wildman–Crippen MR) is 92.7 cm³/mol. The molecule has 4 nitrogen and oxygen atoms in total. The number of imidazole rings is 1. The number of halogens is 1. The Morgan fingerprint density at radius 3 is 2.91 bits per heavy atom. The van der Waals surface area contributed by atoms with Gasteiger partial charge in [0.15, 0.2) is 0 Å². The Balaban J connectivity index is 2.25. The lowest BCUT2D eigenvalue weighted by Crippen LogP contribution is -2.13. The third-order valence-corrected chi connectivity index (χ3v) is 3.73. The lowest BCUT2D eigenvalue weighted by Gasteiger charge is -2.06. The van der Waals surface area contributed by atoms with Crippen LogP contribution in [0.2, 0.25) is 5.02 Å². The predicted octanol–water partition coefficient (Wildman–Crippen LogP) is 3.49. The molecule has 2 N–H and O–H groups in total. The normalized spacial score (nSPS) is 10.8. The summed E-state index contributed by atoms with van der Waals surface area (Å²) < 4.78 is 7.21. The molecule has 2 aromatic heterocycles. The first-order valence-electron chi connectivity index (χ1n) is 6.67. The standard InChI is InChI=1S/C16H14ClN3OS/c1-21-12-4-2-3-10(7-12)16-13(8-14(18)22)20-9-11(17)5-6-15(20)19-16/h2-7,9H,8H2,1H3,(H2,18,22). The van der Waals surface area contributed by atoms with Crippen LogP contribution in [0.25, 0.3) is 16.9 Å². The van der Waals surface area contributed by atoms with Crippen molar-refractivity contribution in [3.05, 3.63) is 53.3 Å². The van der Waals surface area contributed by atoms with Crippen LogP contribution in [0.5, 0.6) is 5.75 Å². The Morgan fingerprint density at radius 1 is 1.36 bits per heavy atom. The highest BCUT2D eigenvalue weighted by atomic mass is 35.5. The van der Waals surface area contributed by atoms with Crippen LogP contribution in [0, 0.1) is 0 Å². The first-order valence-corrected chi connectivity index (χ1v) is 7.46. The smallest absolute Gasteiger partial charge is 0.137 e. The summed E-state index contributed by atoms with van der Waals surface area (Å²) in [5, 5.41) is 0.631. The summed E-state index contributed by atoms with van der Waals surface area (Å²) in [6, 6.07) is 11.4. The zero-order valence-electron chi connectivity index (χ0n) is 11.9. The summed E-state index contributed by atoms with van der Waals surface area (Å²) in [7, 11) is 1.64. The largest absolute Gasteiger partial charge is 0.497 e. The van der Waals surface area contributed by atoms with Crippen LogP contribution in [0.1, 0.15) is 5.69 Å². The van der Waals surface area contributed by atoms with Crippen molar-refractivity contribution in [3.8, 4) is 17.0 Å². The number of pyridine rings is 1. The van der Waals surface area contributed by atoms with E-state index in [0.29, 0.717) is 16.4 Å². The van der Waals surface area contributed by atoms with Crippen molar-refractivity contribution in [1.29, 1.82) is 0 Å². The Hall–Kier alpha value is -2.11. The summed E-state index contributed by atoms with van der Waals surface area (Å²) in [5.74, 6) is 0.772. The van der Waals surface area contributed by atoms with Gasteiger partial charge in [0, 0.05) is 18.2 Å². The summed E-state index contributed by atoms with van der Waals surface area (Å²) in [5.41, 5.74) is 9.24. The molecule has 1 aromatic carbocycles. The van der Waals surface area contributed by atoms with Crippen LogP contribution in [0.15, 0.2) is 42.6 Å². The van der Waals surface area contributed by atoms with E-state index < -0.39 is 0 Å². The van der Waals surface area contributed by atoms with E-state index in [9.17, 15) is 0 Å². The van der Waals surface area contributed by atoms with E-state index in [-0.39, 0.29) is 0 Å². The molecule has 0 bridgehead atoms. The Bertz CT molecular complexity index is 860. The molecule has 0 aliphatic rings. The van der Waals surface area contributed by atoms with Gasteiger partial charge in [0.25, 0.3) is 0 Å². The average Bonchev–Trinajstić information content (AvgIpc) is 2.85. The second-order valence-corrected chi connectivity index (χ2v) is 5.82. The van der Waals surface area contributed by atoms with E-state index >= 15 is 0 Å².